The third-order valence-electron chi connectivity index (χ3n) is 6.52. The number of fused-ring (bicyclic) bond motifs is 1. The van der Waals surface area contributed by atoms with Crippen LogP contribution in [-0.2, 0) is 4.79 Å². The molecule has 1 heterocycles. The van der Waals surface area contributed by atoms with Crippen LogP contribution in [0.2, 0.25) is 0 Å². The maximum atomic E-state index is 13.8. The third kappa shape index (κ3) is 6.19. The lowest BCUT2D eigenvalue weighted by molar-refractivity contribution is -0.134. The van der Waals surface area contributed by atoms with Crippen molar-refractivity contribution in [2.24, 2.45) is 11.3 Å². The van der Waals surface area contributed by atoms with E-state index in [9.17, 15) is 9.59 Å². The summed E-state index contributed by atoms with van der Waals surface area (Å²) in [6.45, 7) is 17.5. The molecule has 0 bridgehead atoms. The van der Waals surface area contributed by atoms with Gasteiger partial charge in [0.1, 0.15) is 5.82 Å². The number of aromatic nitrogens is 2. The summed E-state index contributed by atoms with van der Waals surface area (Å²) < 4.78 is 1.73. The second kappa shape index (κ2) is 10.8. The zero-order chi connectivity index (χ0) is 25.9. The summed E-state index contributed by atoms with van der Waals surface area (Å²) in [5.41, 5.74) is 3.61. The molecular formula is C30H41N3O2. The van der Waals surface area contributed by atoms with Crippen molar-refractivity contribution in [1.29, 1.82) is 0 Å². The fraction of sp³-hybridized carbons (Fsp3) is 0.500. The number of carbonyl (C=O) groups excluding carboxylic acids is 1. The molecule has 3 rings (SSSR count). The summed E-state index contributed by atoms with van der Waals surface area (Å²) in [5.74, 6) is 0.999. The van der Waals surface area contributed by atoms with E-state index < -0.39 is 0 Å². The fourth-order valence-corrected chi connectivity index (χ4v) is 5.07. The first-order valence-electron chi connectivity index (χ1n) is 12.8. The molecule has 0 saturated carbocycles. The number of aryl methyl sites for hydroxylation is 2. The summed E-state index contributed by atoms with van der Waals surface area (Å²) >= 11 is 0. The normalized spacial score (nSPS) is 13.6. The highest BCUT2D eigenvalue weighted by Gasteiger charge is 2.28. The number of hydrogen-bond donors (Lipinski definition) is 0. The van der Waals surface area contributed by atoms with Gasteiger partial charge < -0.3 is 4.90 Å². The van der Waals surface area contributed by atoms with E-state index in [-0.39, 0.29) is 28.8 Å². The van der Waals surface area contributed by atoms with E-state index in [1.54, 1.807) is 4.57 Å². The van der Waals surface area contributed by atoms with Gasteiger partial charge in [-0.25, -0.2) is 4.98 Å². The standard InChI is InChI=1S/C30H41N3O2/c1-9-16-32(27(34)18-21(3)19-30(6,7)8)23(5)28-31-25-13-11-10-12-24(25)29(35)33(28)26-17-20(2)14-15-22(26)4/h10-15,17,21,23H,9,16,18-19H2,1-8H3. The van der Waals surface area contributed by atoms with Gasteiger partial charge in [0.05, 0.1) is 22.6 Å². The first kappa shape index (κ1) is 26.7. The number of rotatable bonds is 8. The number of hydrogen-bond acceptors (Lipinski definition) is 3. The lowest BCUT2D eigenvalue weighted by atomic mass is 9.84. The van der Waals surface area contributed by atoms with Crippen molar-refractivity contribution < 1.29 is 4.79 Å². The van der Waals surface area contributed by atoms with E-state index in [1.807, 2.05) is 68.1 Å². The molecule has 2 unspecified atom stereocenters. The van der Waals surface area contributed by atoms with Crippen molar-refractivity contribution in [3.8, 4) is 5.69 Å². The number of para-hydroxylation sites is 1. The van der Waals surface area contributed by atoms with Crippen molar-refractivity contribution in [3.63, 3.8) is 0 Å². The van der Waals surface area contributed by atoms with Gasteiger partial charge in [0.2, 0.25) is 5.91 Å². The minimum absolute atomic E-state index is 0.101. The summed E-state index contributed by atoms with van der Waals surface area (Å²) in [6, 6.07) is 13.2. The van der Waals surface area contributed by atoms with E-state index in [0.29, 0.717) is 29.7 Å². The highest BCUT2D eigenvalue weighted by Crippen LogP contribution is 2.29. The van der Waals surface area contributed by atoms with Crippen molar-refractivity contribution >= 4 is 16.8 Å². The SMILES string of the molecule is CCCN(C(=O)CC(C)CC(C)(C)C)C(C)c1nc2ccccc2c(=O)n1-c1cc(C)ccc1C. The molecule has 0 aliphatic rings. The zero-order valence-corrected chi connectivity index (χ0v) is 22.7. The first-order valence-corrected chi connectivity index (χ1v) is 12.8. The molecule has 0 N–H and O–H groups in total. The largest absolute Gasteiger partial charge is 0.333 e. The molecular weight excluding hydrogens is 434 g/mol. The molecule has 2 aromatic carbocycles. The molecule has 0 aliphatic carbocycles. The quantitative estimate of drug-likeness (QED) is 0.361. The van der Waals surface area contributed by atoms with E-state index in [1.165, 1.54) is 0 Å². The molecule has 1 amide bonds. The number of amides is 1. The van der Waals surface area contributed by atoms with Crippen LogP contribution >= 0.6 is 0 Å². The van der Waals surface area contributed by atoms with Gasteiger partial charge in [0.25, 0.3) is 5.56 Å². The predicted molar refractivity (Wildman–Crippen MR) is 145 cm³/mol. The smallest absolute Gasteiger partial charge is 0.266 e. The van der Waals surface area contributed by atoms with E-state index >= 15 is 0 Å². The van der Waals surface area contributed by atoms with Gasteiger partial charge in [-0.1, -0.05) is 58.9 Å². The highest BCUT2D eigenvalue weighted by molar-refractivity contribution is 5.79. The number of benzene rings is 2. The van der Waals surface area contributed by atoms with Crippen LogP contribution in [-0.4, -0.2) is 26.9 Å². The Bertz CT molecular complexity index is 1250. The minimum atomic E-state index is -0.346. The Morgan fingerprint density at radius 1 is 1.09 bits per heavy atom. The molecule has 5 nitrogen and oxygen atoms in total. The van der Waals surface area contributed by atoms with Gasteiger partial charge in [0.15, 0.2) is 0 Å². The monoisotopic (exact) mass is 475 g/mol. The van der Waals surface area contributed by atoms with E-state index in [2.05, 4.69) is 34.6 Å². The Morgan fingerprint density at radius 3 is 2.43 bits per heavy atom. The fourth-order valence-electron chi connectivity index (χ4n) is 5.07. The second-order valence-corrected chi connectivity index (χ2v) is 11.3. The summed E-state index contributed by atoms with van der Waals surface area (Å²) in [7, 11) is 0. The Morgan fingerprint density at radius 2 is 1.77 bits per heavy atom. The average Bonchev–Trinajstić information content (AvgIpc) is 2.77. The molecule has 0 saturated heterocycles. The van der Waals surface area contributed by atoms with Gasteiger partial charge in [-0.3, -0.25) is 14.2 Å². The topological polar surface area (TPSA) is 55.2 Å². The minimum Gasteiger partial charge on any atom is -0.333 e. The molecule has 5 heteroatoms. The number of nitrogens with zero attached hydrogens (tertiary/aromatic N) is 3. The van der Waals surface area contributed by atoms with E-state index in [0.717, 1.165) is 29.7 Å². The van der Waals surface area contributed by atoms with Crippen LogP contribution in [0.4, 0.5) is 0 Å². The second-order valence-electron chi connectivity index (χ2n) is 11.3. The first-order chi connectivity index (χ1) is 16.4. The van der Waals surface area contributed by atoms with Gasteiger partial charge in [-0.2, -0.15) is 0 Å². The van der Waals surface area contributed by atoms with Crippen LogP contribution in [0.15, 0.2) is 47.3 Å². The maximum Gasteiger partial charge on any atom is 0.266 e. The Kier molecular flexibility index (Phi) is 8.19. The summed E-state index contributed by atoms with van der Waals surface area (Å²) in [4.78, 5) is 34.3. The van der Waals surface area contributed by atoms with Crippen molar-refractivity contribution in [2.75, 3.05) is 6.54 Å². The zero-order valence-electron chi connectivity index (χ0n) is 22.7. The molecule has 2 atom stereocenters. The van der Waals surface area contributed by atoms with E-state index in [4.69, 9.17) is 4.98 Å². The van der Waals surface area contributed by atoms with Gasteiger partial charge in [0, 0.05) is 13.0 Å². The average molecular weight is 476 g/mol. The van der Waals surface area contributed by atoms with Gasteiger partial charge in [-0.15, -0.1) is 0 Å². The Hall–Kier alpha value is -2.95. The molecule has 1 aromatic heterocycles. The van der Waals surface area contributed by atoms with Gasteiger partial charge >= 0.3 is 0 Å². The van der Waals surface area contributed by atoms with Crippen LogP contribution in [0.1, 0.15) is 83.8 Å². The van der Waals surface area contributed by atoms with Crippen molar-refractivity contribution in [1.82, 2.24) is 14.5 Å². The van der Waals surface area contributed by atoms with Crippen LogP contribution in [0.25, 0.3) is 16.6 Å². The van der Waals surface area contributed by atoms with Crippen LogP contribution in [0, 0.1) is 25.2 Å². The molecule has 3 aromatic rings. The maximum absolute atomic E-state index is 13.8. The van der Waals surface area contributed by atoms with Crippen LogP contribution < -0.4 is 5.56 Å². The molecule has 0 radical (unpaired) electrons. The summed E-state index contributed by atoms with van der Waals surface area (Å²) in [5, 5.41) is 0.580. The molecule has 0 aliphatic heterocycles. The molecule has 0 spiro atoms. The lowest BCUT2D eigenvalue weighted by Gasteiger charge is -2.32. The number of carbonyl (C=O) groups is 1. The van der Waals surface area contributed by atoms with Crippen LogP contribution in [0.5, 0.6) is 0 Å². The Labute approximate surface area is 210 Å². The third-order valence-corrected chi connectivity index (χ3v) is 6.52. The Balaban J connectivity index is 2.14. The highest BCUT2D eigenvalue weighted by atomic mass is 16.2. The lowest BCUT2D eigenvalue weighted by Crippen LogP contribution is -2.38. The van der Waals surface area contributed by atoms with Crippen molar-refractivity contribution in [3.05, 3.63) is 69.8 Å². The van der Waals surface area contributed by atoms with Gasteiger partial charge in [-0.05, 0) is 74.3 Å². The molecule has 188 valence electrons. The predicted octanol–water partition coefficient (Wildman–Crippen LogP) is 6.76. The van der Waals surface area contributed by atoms with Crippen LogP contribution in [0.3, 0.4) is 0 Å². The molecule has 0 fully saturated rings. The van der Waals surface area contributed by atoms with Crippen molar-refractivity contribution in [2.45, 2.75) is 80.7 Å². The molecule has 35 heavy (non-hydrogen) atoms. The summed E-state index contributed by atoms with van der Waals surface area (Å²) in [6.07, 6.45) is 2.31.